The summed E-state index contributed by atoms with van der Waals surface area (Å²) in [5.41, 5.74) is 4.81. The van der Waals surface area contributed by atoms with Crippen LogP contribution in [-0.4, -0.2) is 12.6 Å². The van der Waals surface area contributed by atoms with Crippen LogP contribution in [0.4, 0.5) is 4.79 Å². The first kappa shape index (κ1) is 19.2. The number of nitriles is 1. The summed E-state index contributed by atoms with van der Waals surface area (Å²) in [6, 6.07) is 27.6. The molecule has 0 aliphatic rings. The molecule has 0 saturated carbocycles. The highest BCUT2D eigenvalue weighted by atomic mass is 16.5. The van der Waals surface area contributed by atoms with Gasteiger partial charge in [-0.15, -0.1) is 0 Å². The predicted molar refractivity (Wildman–Crippen MR) is 110 cm³/mol. The van der Waals surface area contributed by atoms with Gasteiger partial charge in [0.1, 0.15) is 6.61 Å². The van der Waals surface area contributed by atoms with Gasteiger partial charge in [0.05, 0.1) is 11.6 Å². The highest BCUT2D eigenvalue weighted by molar-refractivity contribution is 5.70. The number of nitrogens with zero attached hydrogens (tertiary/aromatic N) is 1. The Morgan fingerprint density at radius 3 is 2.36 bits per heavy atom. The van der Waals surface area contributed by atoms with E-state index in [-0.39, 0.29) is 6.61 Å². The van der Waals surface area contributed by atoms with Crippen LogP contribution >= 0.6 is 0 Å². The van der Waals surface area contributed by atoms with Crippen molar-refractivity contribution in [2.24, 2.45) is 0 Å². The molecule has 0 aliphatic heterocycles. The van der Waals surface area contributed by atoms with Gasteiger partial charge in [-0.25, -0.2) is 4.79 Å². The standard InChI is InChI=1S/C24H22N2O2/c25-17-22-10-4-5-11-23(22)21-14-12-19(13-15-21)9-6-16-26-24(27)28-18-20-7-2-1-3-8-20/h1-5,7-8,10-15H,6,9,16,18H2,(H,26,27). The van der Waals surface area contributed by atoms with E-state index in [1.165, 1.54) is 5.56 Å². The average molecular weight is 370 g/mol. The third-order valence-electron chi connectivity index (χ3n) is 4.44. The molecule has 0 radical (unpaired) electrons. The van der Waals surface area contributed by atoms with Crippen LogP contribution in [0.5, 0.6) is 0 Å². The van der Waals surface area contributed by atoms with Gasteiger partial charge < -0.3 is 10.1 Å². The van der Waals surface area contributed by atoms with Gasteiger partial charge in [0.2, 0.25) is 0 Å². The lowest BCUT2D eigenvalue weighted by Gasteiger charge is -2.08. The molecule has 0 saturated heterocycles. The predicted octanol–water partition coefficient (Wildman–Crippen LogP) is 5.08. The van der Waals surface area contributed by atoms with Crippen molar-refractivity contribution in [1.29, 1.82) is 5.26 Å². The van der Waals surface area contributed by atoms with Crippen LogP contribution in [-0.2, 0) is 17.8 Å². The zero-order chi connectivity index (χ0) is 19.6. The molecular formula is C24H22N2O2. The second kappa shape index (κ2) is 9.94. The molecule has 0 unspecified atom stereocenters. The minimum absolute atomic E-state index is 0.276. The molecule has 0 heterocycles. The molecule has 0 fully saturated rings. The second-order valence-corrected chi connectivity index (χ2v) is 6.45. The number of hydrogen-bond acceptors (Lipinski definition) is 3. The average Bonchev–Trinajstić information content (AvgIpc) is 2.76. The molecule has 0 aliphatic carbocycles. The van der Waals surface area contributed by atoms with Gasteiger partial charge >= 0.3 is 6.09 Å². The number of rotatable bonds is 7. The van der Waals surface area contributed by atoms with E-state index in [1.807, 2.05) is 66.7 Å². The Morgan fingerprint density at radius 1 is 0.893 bits per heavy atom. The molecule has 4 nitrogen and oxygen atoms in total. The number of carbonyl (C=O) groups is 1. The Labute approximate surface area is 165 Å². The maximum atomic E-state index is 11.7. The van der Waals surface area contributed by atoms with Crippen molar-refractivity contribution >= 4 is 6.09 Å². The van der Waals surface area contributed by atoms with Crippen molar-refractivity contribution in [3.63, 3.8) is 0 Å². The molecule has 3 aromatic rings. The van der Waals surface area contributed by atoms with Gasteiger partial charge in [0.25, 0.3) is 0 Å². The fourth-order valence-corrected chi connectivity index (χ4v) is 2.94. The quantitative estimate of drug-likeness (QED) is 0.590. The number of ether oxygens (including phenoxy) is 1. The SMILES string of the molecule is N#Cc1ccccc1-c1ccc(CCCNC(=O)OCc2ccccc2)cc1. The number of aryl methyl sites for hydroxylation is 1. The molecule has 0 atom stereocenters. The fourth-order valence-electron chi connectivity index (χ4n) is 2.94. The summed E-state index contributed by atoms with van der Waals surface area (Å²) in [5.74, 6) is 0. The molecular weight excluding hydrogens is 348 g/mol. The summed E-state index contributed by atoms with van der Waals surface area (Å²) < 4.78 is 5.19. The van der Waals surface area contributed by atoms with Crippen molar-refractivity contribution < 1.29 is 9.53 Å². The monoisotopic (exact) mass is 370 g/mol. The lowest BCUT2D eigenvalue weighted by Crippen LogP contribution is -2.25. The number of alkyl carbamates (subject to hydrolysis) is 1. The van der Waals surface area contributed by atoms with E-state index < -0.39 is 6.09 Å². The molecule has 0 bridgehead atoms. The minimum atomic E-state index is -0.396. The van der Waals surface area contributed by atoms with Gasteiger partial charge in [-0.2, -0.15) is 5.26 Å². The summed E-state index contributed by atoms with van der Waals surface area (Å²) in [7, 11) is 0. The van der Waals surface area contributed by atoms with E-state index in [0.717, 1.165) is 29.5 Å². The van der Waals surface area contributed by atoms with E-state index in [1.54, 1.807) is 0 Å². The van der Waals surface area contributed by atoms with Crippen molar-refractivity contribution in [3.05, 3.63) is 95.6 Å². The fraction of sp³-hybridized carbons (Fsp3) is 0.167. The van der Waals surface area contributed by atoms with Crippen LogP contribution < -0.4 is 5.32 Å². The summed E-state index contributed by atoms with van der Waals surface area (Å²) in [6.45, 7) is 0.838. The molecule has 4 heteroatoms. The molecule has 1 amide bonds. The minimum Gasteiger partial charge on any atom is -0.445 e. The Hall–Kier alpha value is -3.58. The molecule has 3 rings (SSSR count). The van der Waals surface area contributed by atoms with E-state index in [2.05, 4.69) is 23.5 Å². The van der Waals surface area contributed by atoms with E-state index >= 15 is 0 Å². The third-order valence-corrected chi connectivity index (χ3v) is 4.44. The van der Waals surface area contributed by atoms with Crippen molar-refractivity contribution in [3.8, 4) is 17.2 Å². The zero-order valence-electron chi connectivity index (χ0n) is 15.6. The Morgan fingerprint density at radius 2 is 1.61 bits per heavy atom. The third kappa shape index (κ3) is 5.46. The van der Waals surface area contributed by atoms with Gasteiger partial charge in [0.15, 0.2) is 0 Å². The van der Waals surface area contributed by atoms with Crippen LogP contribution in [0.15, 0.2) is 78.9 Å². The highest BCUT2D eigenvalue weighted by Gasteiger charge is 2.05. The normalized spacial score (nSPS) is 10.1. The molecule has 1 N–H and O–H groups in total. The molecule has 0 aromatic heterocycles. The first-order chi connectivity index (χ1) is 13.8. The van der Waals surface area contributed by atoms with Crippen molar-refractivity contribution in [1.82, 2.24) is 5.32 Å². The first-order valence-electron chi connectivity index (χ1n) is 9.29. The number of carbonyl (C=O) groups excluding carboxylic acids is 1. The lowest BCUT2D eigenvalue weighted by atomic mass is 9.98. The van der Waals surface area contributed by atoms with Crippen molar-refractivity contribution in [2.45, 2.75) is 19.4 Å². The van der Waals surface area contributed by atoms with Crippen LogP contribution in [0, 0.1) is 11.3 Å². The van der Waals surface area contributed by atoms with E-state index in [0.29, 0.717) is 12.1 Å². The molecule has 140 valence electrons. The van der Waals surface area contributed by atoms with Gasteiger partial charge in [-0.3, -0.25) is 0 Å². The second-order valence-electron chi connectivity index (χ2n) is 6.45. The van der Waals surface area contributed by atoms with Crippen LogP contribution in [0.25, 0.3) is 11.1 Å². The summed E-state index contributed by atoms with van der Waals surface area (Å²) in [6.07, 6.45) is 1.29. The number of benzene rings is 3. The van der Waals surface area contributed by atoms with Crippen LogP contribution in [0.1, 0.15) is 23.1 Å². The lowest BCUT2D eigenvalue weighted by molar-refractivity contribution is 0.139. The smallest absolute Gasteiger partial charge is 0.407 e. The van der Waals surface area contributed by atoms with Crippen LogP contribution in [0.3, 0.4) is 0 Å². The summed E-state index contributed by atoms with van der Waals surface area (Å²) in [4.78, 5) is 11.7. The van der Waals surface area contributed by atoms with E-state index in [9.17, 15) is 10.1 Å². The Kier molecular flexibility index (Phi) is 6.81. The highest BCUT2D eigenvalue weighted by Crippen LogP contribution is 2.23. The maximum absolute atomic E-state index is 11.7. The van der Waals surface area contributed by atoms with Gasteiger partial charge in [0, 0.05) is 6.54 Å². The molecule has 3 aromatic carbocycles. The van der Waals surface area contributed by atoms with Crippen LogP contribution in [0.2, 0.25) is 0 Å². The maximum Gasteiger partial charge on any atom is 0.407 e. The van der Waals surface area contributed by atoms with Crippen molar-refractivity contribution in [2.75, 3.05) is 6.54 Å². The Bertz CT molecular complexity index is 944. The topological polar surface area (TPSA) is 62.1 Å². The molecule has 0 spiro atoms. The first-order valence-corrected chi connectivity index (χ1v) is 9.29. The molecule has 28 heavy (non-hydrogen) atoms. The van der Waals surface area contributed by atoms with Gasteiger partial charge in [-0.1, -0.05) is 72.8 Å². The van der Waals surface area contributed by atoms with E-state index in [4.69, 9.17) is 4.74 Å². The summed E-state index contributed by atoms with van der Waals surface area (Å²) >= 11 is 0. The number of hydrogen-bond donors (Lipinski definition) is 1. The zero-order valence-corrected chi connectivity index (χ0v) is 15.6. The van der Waals surface area contributed by atoms with Gasteiger partial charge in [-0.05, 0) is 41.2 Å². The number of amides is 1. The summed E-state index contributed by atoms with van der Waals surface area (Å²) in [5, 5.41) is 12.0. The Balaban J connectivity index is 1.42. The largest absolute Gasteiger partial charge is 0.445 e. The number of nitrogens with one attached hydrogen (secondary N) is 1.